The Kier molecular flexibility index (Phi) is 10.6. The number of hydrogen-bond donors (Lipinski definition) is 2. The molecule has 3 aromatic rings. The molecule has 1 atom stereocenters. The van der Waals surface area contributed by atoms with Crippen molar-refractivity contribution in [2.45, 2.75) is 23.8 Å². The average Bonchev–Trinajstić information content (AvgIpc) is 3.53. The summed E-state index contributed by atoms with van der Waals surface area (Å²) in [6.45, 7) is 2.88. The molecule has 0 aliphatic carbocycles. The van der Waals surface area contributed by atoms with E-state index in [-0.39, 0.29) is 41.2 Å². The summed E-state index contributed by atoms with van der Waals surface area (Å²) in [6.07, 6.45) is 1.33. The Balaban J connectivity index is 0.00000423. The molecule has 0 bridgehead atoms. The lowest BCUT2D eigenvalue weighted by Crippen LogP contribution is -2.54. The third-order valence-corrected chi connectivity index (χ3v) is 8.81. The number of anilines is 1. The van der Waals surface area contributed by atoms with E-state index in [1.54, 1.807) is 70.5 Å². The van der Waals surface area contributed by atoms with Crippen LogP contribution in [-0.4, -0.2) is 81.2 Å². The Morgan fingerprint density at radius 2 is 1.51 bits per heavy atom. The van der Waals surface area contributed by atoms with Crippen LogP contribution in [0.1, 0.15) is 23.2 Å². The van der Waals surface area contributed by atoms with Crippen molar-refractivity contribution in [1.29, 1.82) is 0 Å². The van der Waals surface area contributed by atoms with E-state index in [0.717, 1.165) is 24.0 Å². The van der Waals surface area contributed by atoms with Gasteiger partial charge in [0.25, 0.3) is 15.9 Å². The summed E-state index contributed by atoms with van der Waals surface area (Å²) in [5.41, 5.74) is 0.490. The lowest BCUT2D eigenvalue weighted by Gasteiger charge is -2.33. The van der Waals surface area contributed by atoms with Crippen molar-refractivity contribution in [3.05, 3.63) is 90.5 Å². The van der Waals surface area contributed by atoms with Gasteiger partial charge in [0.15, 0.2) is 5.75 Å². The molecule has 2 fully saturated rings. The highest BCUT2D eigenvalue weighted by Gasteiger charge is 2.36. The van der Waals surface area contributed by atoms with Gasteiger partial charge in [0.1, 0.15) is 6.04 Å². The topological polar surface area (TPSA) is 128 Å². The number of nitrogens with zero attached hydrogens (tertiary/aromatic N) is 3. The molecule has 43 heavy (non-hydrogen) atoms. The Bertz CT molecular complexity index is 1500. The molecule has 3 aromatic carbocycles. The largest absolute Gasteiger partial charge is 0.364 e. The summed E-state index contributed by atoms with van der Waals surface area (Å²) in [6, 6.07) is 21.8. The van der Waals surface area contributed by atoms with Gasteiger partial charge in [-0.2, -0.15) is 8.42 Å². The van der Waals surface area contributed by atoms with Gasteiger partial charge < -0.3 is 25.3 Å². The van der Waals surface area contributed by atoms with Crippen molar-refractivity contribution in [3.63, 3.8) is 0 Å². The number of benzene rings is 3. The number of carbonyl (C=O) groups excluding carboxylic acids is 3. The molecule has 3 amide bonds. The fraction of sp³-hybridized carbons (Fsp3) is 0.300. The number of carbonyl (C=O) groups is 3. The van der Waals surface area contributed by atoms with Crippen LogP contribution in [0.25, 0.3) is 0 Å². The Labute approximate surface area is 257 Å². The molecule has 11 nitrogen and oxygen atoms in total. The highest BCUT2D eigenvalue weighted by Crippen LogP contribution is 2.26. The number of para-hydroxylation sites is 2. The van der Waals surface area contributed by atoms with Crippen molar-refractivity contribution in [1.82, 2.24) is 20.4 Å². The standard InChI is InChI=1S/C30H33N5O6S.ClH/c36-28(34-19-7-12-27(34)30(38)33-20-17-31-18-21-33)22-32-29(37)23-13-15-26(16-14-23)42(39,40)35(24-8-3-1-4-9-24)41-25-10-5-2-6-11-25;/h1-6,8-11,13-16,27,31H,7,12,17-22H2,(H,32,37);1H. The summed E-state index contributed by atoms with van der Waals surface area (Å²) in [5, 5.41) is 5.82. The maximum absolute atomic E-state index is 13.6. The minimum Gasteiger partial charge on any atom is -0.364 e. The van der Waals surface area contributed by atoms with E-state index in [1.807, 2.05) is 0 Å². The van der Waals surface area contributed by atoms with Gasteiger partial charge in [-0.3, -0.25) is 14.4 Å². The molecule has 2 aliphatic rings. The molecule has 2 N–H and O–H groups in total. The first-order chi connectivity index (χ1) is 20.3. The fourth-order valence-corrected chi connectivity index (χ4v) is 6.27. The second-order valence-electron chi connectivity index (χ2n) is 10.00. The molecule has 2 saturated heterocycles. The first kappa shape index (κ1) is 31.8. The monoisotopic (exact) mass is 627 g/mol. The molecule has 1 unspecified atom stereocenters. The van der Waals surface area contributed by atoms with E-state index < -0.39 is 22.0 Å². The quantitative estimate of drug-likeness (QED) is 0.349. The second kappa shape index (κ2) is 14.4. The van der Waals surface area contributed by atoms with Crippen LogP contribution in [0.5, 0.6) is 5.75 Å². The molecular formula is C30H34ClN5O6S. The van der Waals surface area contributed by atoms with Gasteiger partial charge in [-0.25, -0.2) is 0 Å². The SMILES string of the molecule is Cl.O=C(NCC(=O)N1CCCC1C(=O)N1CCNCC1)c1ccc(S(=O)(=O)N(Oc2ccccc2)c2ccccc2)cc1. The number of hydrogen-bond acceptors (Lipinski definition) is 7. The Morgan fingerprint density at radius 1 is 0.884 bits per heavy atom. The van der Waals surface area contributed by atoms with Gasteiger partial charge in [0.05, 0.1) is 17.1 Å². The average molecular weight is 628 g/mol. The summed E-state index contributed by atoms with van der Waals surface area (Å²) >= 11 is 0. The molecule has 0 saturated carbocycles. The maximum atomic E-state index is 13.6. The molecule has 2 aliphatic heterocycles. The third kappa shape index (κ3) is 7.45. The van der Waals surface area contributed by atoms with Crippen LogP contribution in [0.15, 0.2) is 89.8 Å². The number of sulfonamides is 1. The van der Waals surface area contributed by atoms with Crippen molar-refractivity contribution >= 4 is 45.8 Å². The van der Waals surface area contributed by atoms with Gasteiger partial charge in [-0.15, -0.1) is 12.4 Å². The predicted molar refractivity (Wildman–Crippen MR) is 163 cm³/mol. The highest BCUT2D eigenvalue weighted by atomic mass is 35.5. The zero-order valence-electron chi connectivity index (χ0n) is 23.4. The van der Waals surface area contributed by atoms with Crippen LogP contribution in [0.4, 0.5) is 5.69 Å². The van der Waals surface area contributed by atoms with E-state index in [4.69, 9.17) is 4.84 Å². The van der Waals surface area contributed by atoms with Crippen LogP contribution in [-0.2, 0) is 19.6 Å². The lowest BCUT2D eigenvalue weighted by atomic mass is 10.1. The van der Waals surface area contributed by atoms with Crippen molar-refractivity contribution in [3.8, 4) is 5.75 Å². The first-order valence-corrected chi connectivity index (χ1v) is 15.3. The van der Waals surface area contributed by atoms with E-state index in [1.165, 1.54) is 24.3 Å². The molecule has 2 heterocycles. The van der Waals surface area contributed by atoms with Crippen LogP contribution >= 0.6 is 12.4 Å². The highest BCUT2D eigenvalue weighted by molar-refractivity contribution is 7.92. The van der Waals surface area contributed by atoms with Crippen molar-refractivity contribution < 1.29 is 27.6 Å². The number of likely N-dealkylation sites (tertiary alicyclic amines) is 1. The van der Waals surface area contributed by atoms with Gasteiger partial charge in [-0.05, 0) is 61.4 Å². The van der Waals surface area contributed by atoms with Gasteiger partial charge in [0, 0.05) is 38.3 Å². The van der Waals surface area contributed by atoms with Crippen LogP contribution in [0.3, 0.4) is 0 Å². The molecule has 5 rings (SSSR count). The zero-order chi connectivity index (χ0) is 29.5. The van der Waals surface area contributed by atoms with E-state index >= 15 is 0 Å². The Hall–Kier alpha value is -4.13. The van der Waals surface area contributed by atoms with Crippen LogP contribution < -0.4 is 19.9 Å². The van der Waals surface area contributed by atoms with Crippen molar-refractivity contribution in [2.24, 2.45) is 0 Å². The number of piperazine rings is 1. The molecule has 13 heteroatoms. The minimum atomic E-state index is -4.18. The second-order valence-corrected chi connectivity index (χ2v) is 11.8. The van der Waals surface area contributed by atoms with Gasteiger partial charge in [-0.1, -0.05) is 40.9 Å². The summed E-state index contributed by atoms with van der Waals surface area (Å²) < 4.78 is 28.0. The molecule has 0 aromatic heterocycles. The number of rotatable bonds is 9. The fourth-order valence-electron chi connectivity index (χ4n) is 5.02. The predicted octanol–water partition coefficient (Wildman–Crippen LogP) is 2.45. The number of amides is 3. The van der Waals surface area contributed by atoms with Crippen LogP contribution in [0, 0.1) is 0 Å². The summed E-state index contributed by atoms with van der Waals surface area (Å²) in [5.74, 6) is -0.575. The summed E-state index contributed by atoms with van der Waals surface area (Å²) in [4.78, 5) is 47.8. The molecule has 228 valence electrons. The smallest absolute Gasteiger partial charge is 0.295 e. The van der Waals surface area contributed by atoms with Crippen LogP contribution in [0.2, 0.25) is 0 Å². The summed E-state index contributed by atoms with van der Waals surface area (Å²) in [7, 11) is -4.18. The molecular weight excluding hydrogens is 594 g/mol. The normalized spacial score (nSPS) is 16.6. The molecule has 0 radical (unpaired) electrons. The number of nitrogens with one attached hydrogen (secondary N) is 2. The minimum absolute atomic E-state index is 0. The van der Waals surface area contributed by atoms with Gasteiger partial charge in [0.2, 0.25) is 11.8 Å². The van der Waals surface area contributed by atoms with Gasteiger partial charge >= 0.3 is 0 Å². The zero-order valence-corrected chi connectivity index (χ0v) is 25.1. The number of halogens is 1. The van der Waals surface area contributed by atoms with Crippen molar-refractivity contribution in [2.75, 3.05) is 43.7 Å². The van der Waals surface area contributed by atoms with E-state index in [9.17, 15) is 22.8 Å². The Morgan fingerprint density at radius 3 is 2.16 bits per heavy atom. The maximum Gasteiger partial charge on any atom is 0.295 e. The van der Waals surface area contributed by atoms with E-state index in [0.29, 0.717) is 37.5 Å². The lowest BCUT2D eigenvalue weighted by molar-refractivity contribution is -0.143. The van der Waals surface area contributed by atoms with E-state index in [2.05, 4.69) is 10.6 Å². The molecule has 0 spiro atoms. The first-order valence-electron chi connectivity index (χ1n) is 13.9. The third-order valence-electron chi connectivity index (χ3n) is 7.22.